The van der Waals surface area contributed by atoms with Crippen molar-refractivity contribution in [3.63, 3.8) is 0 Å². The van der Waals surface area contributed by atoms with E-state index in [9.17, 15) is 4.79 Å². The van der Waals surface area contributed by atoms with Crippen molar-refractivity contribution in [3.05, 3.63) is 35.9 Å². The predicted molar refractivity (Wildman–Crippen MR) is 103 cm³/mol. The van der Waals surface area contributed by atoms with Crippen molar-refractivity contribution in [1.29, 1.82) is 0 Å². The van der Waals surface area contributed by atoms with Crippen molar-refractivity contribution >= 4 is 11.9 Å². The summed E-state index contributed by atoms with van der Waals surface area (Å²) in [5.41, 5.74) is 0.682. The van der Waals surface area contributed by atoms with Crippen LogP contribution in [0.15, 0.2) is 35.3 Å². The van der Waals surface area contributed by atoms with Crippen LogP contribution in [0.4, 0.5) is 0 Å². The molecule has 4 nitrogen and oxygen atoms in total. The molecule has 0 heterocycles. The fourth-order valence-electron chi connectivity index (χ4n) is 3.88. The minimum Gasteiger partial charge on any atom is -0.353 e. The van der Waals surface area contributed by atoms with Crippen molar-refractivity contribution in [2.24, 2.45) is 4.99 Å². The van der Waals surface area contributed by atoms with Crippen LogP contribution < -0.4 is 10.6 Å². The monoisotopic (exact) mass is 341 g/mol. The van der Waals surface area contributed by atoms with Gasteiger partial charge in [0.15, 0.2) is 5.96 Å². The van der Waals surface area contributed by atoms with Gasteiger partial charge in [-0.05, 0) is 37.8 Å². The Hall–Kier alpha value is -1.84. The Morgan fingerprint density at radius 1 is 0.840 bits per heavy atom. The largest absolute Gasteiger partial charge is 0.353 e. The van der Waals surface area contributed by atoms with Crippen LogP contribution in [-0.4, -0.2) is 24.0 Å². The number of benzene rings is 1. The average molecular weight is 341 g/mol. The Labute approximate surface area is 151 Å². The van der Waals surface area contributed by atoms with Gasteiger partial charge in [-0.2, -0.15) is 0 Å². The normalized spacial score (nSPS) is 20.7. The highest BCUT2D eigenvalue weighted by atomic mass is 16.1. The highest BCUT2D eigenvalue weighted by Gasteiger charge is 2.19. The maximum absolute atomic E-state index is 12.6. The van der Waals surface area contributed by atoms with Crippen molar-refractivity contribution in [1.82, 2.24) is 10.6 Å². The van der Waals surface area contributed by atoms with E-state index in [0.29, 0.717) is 23.6 Å². The van der Waals surface area contributed by atoms with E-state index in [-0.39, 0.29) is 5.91 Å². The molecule has 136 valence electrons. The van der Waals surface area contributed by atoms with E-state index in [2.05, 4.69) is 10.6 Å². The Morgan fingerprint density at radius 3 is 2.12 bits per heavy atom. The molecule has 1 aromatic carbocycles. The molecular formula is C21H31N3O. The summed E-state index contributed by atoms with van der Waals surface area (Å²) in [5.74, 6) is 0.615. The van der Waals surface area contributed by atoms with Crippen LogP contribution in [0.2, 0.25) is 0 Å². The Morgan fingerprint density at radius 2 is 1.44 bits per heavy atom. The third kappa shape index (κ3) is 5.87. The quantitative estimate of drug-likeness (QED) is 0.486. The minimum absolute atomic E-state index is 0.0729. The molecule has 2 aliphatic carbocycles. The van der Waals surface area contributed by atoms with Crippen molar-refractivity contribution in [2.45, 2.75) is 82.7 Å². The van der Waals surface area contributed by atoms with Gasteiger partial charge in [0.25, 0.3) is 5.91 Å². The van der Waals surface area contributed by atoms with Gasteiger partial charge in [0.05, 0.1) is 6.04 Å². The number of hydrogen-bond acceptors (Lipinski definition) is 2. The maximum Gasteiger partial charge on any atom is 0.257 e. The summed E-state index contributed by atoms with van der Waals surface area (Å²) < 4.78 is 0. The fraction of sp³-hybridized carbons (Fsp3) is 0.619. The molecule has 2 aliphatic rings. The highest BCUT2D eigenvalue weighted by Crippen LogP contribution is 2.20. The first-order valence-electron chi connectivity index (χ1n) is 10.0. The molecule has 1 amide bonds. The van der Waals surface area contributed by atoms with Crippen molar-refractivity contribution < 1.29 is 4.79 Å². The van der Waals surface area contributed by atoms with E-state index >= 15 is 0 Å². The first kappa shape index (κ1) is 18.0. The maximum atomic E-state index is 12.6. The Bertz CT molecular complexity index is 556. The molecule has 2 N–H and O–H groups in total. The van der Waals surface area contributed by atoms with Gasteiger partial charge in [-0.1, -0.05) is 63.1 Å². The Kier molecular flexibility index (Phi) is 6.89. The molecule has 0 bridgehead atoms. The lowest BCUT2D eigenvalue weighted by Crippen LogP contribution is -2.47. The number of carbonyl (C=O) groups excluding carboxylic acids is 1. The molecular weight excluding hydrogens is 310 g/mol. The van der Waals surface area contributed by atoms with Crippen molar-refractivity contribution in [3.8, 4) is 0 Å². The summed E-state index contributed by atoms with van der Waals surface area (Å²) in [7, 11) is 0. The molecule has 0 spiro atoms. The number of aliphatic imine (C=N–C) groups is 1. The van der Waals surface area contributed by atoms with Crippen LogP contribution in [0.3, 0.4) is 0 Å². The van der Waals surface area contributed by atoms with Crippen LogP contribution in [-0.2, 0) is 0 Å². The molecule has 3 rings (SSSR count). The highest BCUT2D eigenvalue weighted by molar-refractivity contribution is 6.05. The molecule has 1 aromatic rings. The number of nitrogens with zero attached hydrogens (tertiary/aromatic N) is 1. The van der Waals surface area contributed by atoms with Gasteiger partial charge >= 0.3 is 0 Å². The molecule has 0 unspecified atom stereocenters. The fourth-order valence-corrected chi connectivity index (χ4v) is 3.88. The number of amides is 1. The average Bonchev–Trinajstić information content (AvgIpc) is 2.92. The second-order valence-electron chi connectivity index (χ2n) is 7.42. The van der Waals surface area contributed by atoms with E-state index in [4.69, 9.17) is 4.99 Å². The number of hydrogen-bond donors (Lipinski definition) is 2. The van der Waals surface area contributed by atoms with Crippen LogP contribution >= 0.6 is 0 Å². The van der Waals surface area contributed by atoms with Gasteiger partial charge in [-0.15, -0.1) is 0 Å². The van der Waals surface area contributed by atoms with Crippen LogP contribution in [0.5, 0.6) is 0 Å². The molecule has 0 aromatic heterocycles. The minimum atomic E-state index is -0.0729. The second-order valence-corrected chi connectivity index (χ2v) is 7.42. The summed E-state index contributed by atoms with van der Waals surface area (Å²) in [6.45, 7) is 0. The van der Waals surface area contributed by atoms with Gasteiger partial charge in [0.2, 0.25) is 0 Å². The van der Waals surface area contributed by atoms with E-state index in [1.807, 2.05) is 30.3 Å². The zero-order chi connectivity index (χ0) is 17.3. The summed E-state index contributed by atoms with van der Waals surface area (Å²) in [6, 6.07) is 10.2. The van der Waals surface area contributed by atoms with Gasteiger partial charge in [-0.25, -0.2) is 4.99 Å². The third-order valence-corrected chi connectivity index (χ3v) is 5.35. The molecule has 4 heteroatoms. The summed E-state index contributed by atoms with van der Waals surface area (Å²) in [6.07, 6.45) is 13.6. The zero-order valence-corrected chi connectivity index (χ0v) is 15.2. The lowest BCUT2D eigenvalue weighted by atomic mass is 9.96. The van der Waals surface area contributed by atoms with E-state index in [1.54, 1.807) is 0 Å². The number of rotatable bonds is 3. The van der Waals surface area contributed by atoms with Gasteiger partial charge in [0.1, 0.15) is 0 Å². The van der Waals surface area contributed by atoms with E-state index in [0.717, 1.165) is 12.8 Å². The first-order chi connectivity index (χ1) is 12.3. The summed E-state index contributed by atoms with van der Waals surface area (Å²) in [4.78, 5) is 17.5. The van der Waals surface area contributed by atoms with E-state index in [1.165, 1.54) is 57.8 Å². The van der Waals surface area contributed by atoms with Crippen LogP contribution in [0.25, 0.3) is 0 Å². The van der Waals surface area contributed by atoms with Gasteiger partial charge in [-0.3, -0.25) is 10.1 Å². The molecule has 0 saturated heterocycles. The molecule has 25 heavy (non-hydrogen) atoms. The lowest BCUT2D eigenvalue weighted by molar-refractivity contribution is 0.0975. The zero-order valence-electron chi connectivity index (χ0n) is 15.2. The van der Waals surface area contributed by atoms with Gasteiger partial charge < -0.3 is 5.32 Å². The van der Waals surface area contributed by atoms with Crippen LogP contribution in [0, 0.1) is 0 Å². The standard InChI is InChI=1S/C21H31N3O/c25-20(17-11-5-3-6-12-17)24-21(23-19-15-9-4-10-16-19)22-18-13-7-1-2-8-14-18/h3,5-6,11-12,18-19H,1-2,4,7-10,13-16H2,(H2,22,23,24,25). The summed E-state index contributed by atoms with van der Waals surface area (Å²) in [5, 5.41) is 6.59. The Balaban J connectivity index is 1.69. The topological polar surface area (TPSA) is 53.5 Å². The number of carbonyl (C=O) groups is 1. The van der Waals surface area contributed by atoms with Crippen molar-refractivity contribution in [2.75, 3.05) is 0 Å². The molecule has 0 aliphatic heterocycles. The number of guanidine groups is 1. The first-order valence-corrected chi connectivity index (χ1v) is 10.0. The molecule has 2 saturated carbocycles. The summed E-state index contributed by atoms with van der Waals surface area (Å²) >= 11 is 0. The predicted octanol–water partition coefficient (Wildman–Crippen LogP) is 4.42. The SMILES string of the molecule is O=C(NC(=NC1CCCCCC1)NC1CCCCC1)c1ccccc1. The van der Waals surface area contributed by atoms with Gasteiger partial charge in [0, 0.05) is 11.6 Å². The third-order valence-electron chi connectivity index (χ3n) is 5.35. The molecule has 0 atom stereocenters. The number of nitrogens with one attached hydrogen (secondary N) is 2. The van der Waals surface area contributed by atoms with Crippen LogP contribution in [0.1, 0.15) is 81.0 Å². The smallest absolute Gasteiger partial charge is 0.257 e. The molecule has 0 radical (unpaired) electrons. The lowest BCUT2D eigenvalue weighted by Gasteiger charge is -2.25. The molecule has 2 fully saturated rings. The second kappa shape index (κ2) is 9.59. The van der Waals surface area contributed by atoms with E-state index < -0.39 is 0 Å².